The van der Waals surface area contributed by atoms with Crippen LogP contribution in [0.3, 0.4) is 0 Å². The molecule has 26 heavy (non-hydrogen) atoms. The van der Waals surface area contributed by atoms with Crippen molar-refractivity contribution in [2.75, 3.05) is 59.5 Å². The van der Waals surface area contributed by atoms with Crippen molar-refractivity contribution in [3.63, 3.8) is 0 Å². The van der Waals surface area contributed by atoms with Gasteiger partial charge in [-0.3, -0.25) is 9.78 Å². The number of carbonyl (C=O) groups excluding carboxylic acids is 1. The summed E-state index contributed by atoms with van der Waals surface area (Å²) in [6.45, 7) is 8.14. The molecule has 0 aromatic carbocycles. The van der Waals surface area contributed by atoms with Gasteiger partial charge in [-0.2, -0.15) is 0 Å². The largest absolute Gasteiger partial charge is 0.373 e. The topological polar surface area (TPSA) is 48.9 Å². The summed E-state index contributed by atoms with van der Waals surface area (Å²) < 4.78 is 6.33. The van der Waals surface area contributed by atoms with E-state index in [0.29, 0.717) is 11.5 Å². The van der Waals surface area contributed by atoms with Gasteiger partial charge in [0, 0.05) is 58.2 Å². The number of hydrogen-bond acceptors (Lipinski definition) is 5. The molecule has 142 valence electrons. The minimum Gasteiger partial charge on any atom is -0.373 e. The highest BCUT2D eigenvalue weighted by atomic mass is 16.5. The fraction of sp³-hybridized carbons (Fsp3) is 0.700. The molecular weight excluding hydrogens is 328 g/mol. The van der Waals surface area contributed by atoms with Crippen molar-refractivity contribution in [1.29, 1.82) is 0 Å². The molecule has 0 unspecified atom stereocenters. The van der Waals surface area contributed by atoms with Crippen molar-refractivity contribution in [3.8, 4) is 0 Å². The number of pyridine rings is 1. The second-order valence-corrected chi connectivity index (χ2v) is 8.24. The van der Waals surface area contributed by atoms with E-state index in [1.165, 1.54) is 0 Å². The summed E-state index contributed by atoms with van der Waals surface area (Å²) in [6.07, 6.45) is 6.54. The predicted octanol–water partition coefficient (Wildman–Crippen LogP) is 1.34. The maximum atomic E-state index is 12.8. The number of piperazine rings is 1. The molecule has 3 fully saturated rings. The minimum absolute atomic E-state index is 0.0864. The number of hydrogen-bond donors (Lipinski definition) is 0. The first-order valence-electron chi connectivity index (χ1n) is 9.88. The Kier molecular flexibility index (Phi) is 5.25. The molecule has 0 radical (unpaired) electrons. The maximum absolute atomic E-state index is 12.8. The zero-order chi connectivity index (χ0) is 18.0. The molecule has 1 aromatic rings. The van der Waals surface area contributed by atoms with Crippen molar-refractivity contribution >= 4 is 5.91 Å². The van der Waals surface area contributed by atoms with Gasteiger partial charge in [0.15, 0.2) is 0 Å². The first kappa shape index (κ1) is 17.9. The van der Waals surface area contributed by atoms with E-state index in [1.807, 2.05) is 17.0 Å². The molecule has 1 amide bonds. The van der Waals surface area contributed by atoms with Crippen LogP contribution in [0.1, 0.15) is 29.6 Å². The number of carbonyl (C=O) groups is 1. The van der Waals surface area contributed by atoms with E-state index in [2.05, 4.69) is 21.8 Å². The molecular formula is C20H30N4O2. The van der Waals surface area contributed by atoms with E-state index in [9.17, 15) is 4.79 Å². The number of amides is 1. The molecule has 1 spiro atoms. The molecule has 1 aromatic heterocycles. The quantitative estimate of drug-likeness (QED) is 0.816. The van der Waals surface area contributed by atoms with Gasteiger partial charge in [-0.1, -0.05) is 0 Å². The van der Waals surface area contributed by atoms with Crippen LogP contribution < -0.4 is 0 Å². The average Bonchev–Trinajstić information content (AvgIpc) is 3.05. The summed E-state index contributed by atoms with van der Waals surface area (Å²) in [4.78, 5) is 23.8. The van der Waals surface area contributed by atoms with Crippen LogP contribution in [-0.2, 0) is 4.74 Å². The lowest BCUT2D eigenvalue weighted by Gasteiger charge is -2.40. The molecule has 0 N–H and O–H groups in total. The van der Waals surface area contributed by atoms with Crippen molar-refractivity contribution in [2.45, 2.75) is 24.9 Å². The summed E-state index contributed by atoms with van der Waals surface area (Å²) >= 11 is 0. The number of likely N-dealkylation sites (N-methyl/N-ethyl adjacent to an activating group) is 1. The van der Waals surface area contributed by atoms with Gasteiger partial charge >= 0.3 is 0 Å². The second kappa shape index (κ2) is 7.62. The highest BCUT2D eigenvalue weighted by Gasteiger charge is 2.44. The minimum atomic E-state index is -0.132. The second-order valence-electron chi connectivity index (χ2n) is 8.24. The van der Waals surface area contributed by atoms with Crippen LogP contribution in [0.15, 0.2) is 24.5 Å². The molecule has 3 aliphatic rings. The molecule has 0 aliphatic carbocycles. The maximum Gasteiger partial charge on any atom is 0.255 e. The molecule has 6 nitrogen and oxygen atoms in total. The standard InChI is InChI=1S/C20H30N4O2/c1-22-8-10-23(11-9-22)14-17-12-20(26-15-17)5-3-7-24(16-20)19(25)18-4-2-6-21-13-18/h2,4,6,13,17H,3,5,7-12,14-16H2,1H3/t17-,20+/m0/s1. The summed E-state index contributed by atoms with van der Waals surface area (Å²) in [5, 5.41) is 0. The van der Waals surface area contributed by atoms with Crippen LogP contribution in [0.5, 0.6) is 0 Å². The van der Waals surface area contributed by atoms with Crippen LogP contribution in [0, 0.1) is 5.92 Å². The van der Waals surface area contributed by atoms with E-state index in [0.717, 1.165) is 71.7 Å². The summed E-state index contributed by atoms with van der Waals surface area (Å²) in [5.41, 5.74) is 0.546. The number of rotatable bonds is 3. The molecule has 4 heterocycles. The van der Waals surface area contributed by atoms with Gasteiger partial charge in [-0.25, -0.2) is 0 Å². The Labute approximate surface area is 156 Å². The number of piperidine rings is 1. The van der Waals surface area contributed by atoms with Gasteiger partial charge in [0.1, 0.15) is 0 Å². The van der Waals surface area contributed by atoms with Gasteiger partial charge in [0.25, 0.3) is 5.91 Å². The first-order chi connectivity index (χ1) is 12.6. The van der Waals surface area contributed by atoms with E-state index >= 15 is 0 Å². The highest BCUT2D eigenvalue weighted by molar-refractivity contribution is 5.94. The third-order valence-corrected chi connectivity index (χ3v) is 6.13. The Morgan fingerprint density at radius 1 is 1.31 bits per heavy atom. The third-order valence-electron chi connectivity index (χ3n) is 6.13. The smallest absolute Gasteiger partial charge is 0.255 e. The van der Waals surface area contributed by atoms with Crippen molar-refractivity contribution in [3.05, 3.63) is 30.1 Å². The lowest BCUT2D eigenvalue weighted by atomic mass is 9.86. The Balaban J connectivity index is 1.34. The van der Waals surface area contributed by atoms with Gasteiger partial charge in [0.05, 0.1) is 17.8 Å². The van der Waals surface area contributed by atoms with Crippen LogP contribution in [0.2, 0.25) is 0 Å². The Morgan fingerprint density at radius 2 is 2.15 bits per heavy atom. The fourth-order valence-electron chi connectivity index (χ4n) is 4.68. The first-order valence-corrected chi connectivity index (χ1v) is 9.88. The monoisotopic (exact) mass is 358 g/mol. The zero-order valence-corrected chi connectivity index (χ0v) is 15.8. The SMILES string of the molecule is CN1CCN(C[C@H]2CO[C@]3(CCCN(C(=O)c4cccnc4)C3)C2)CC1. The van der Waals surface area contributed by atoms with Gasteiger partial charge in [-0.05, 0) is 44.4 Å². The Morgan fingerprint density at radius 3 is 2.92 bits per heavy atom. The summed E-state index contributed by atoms with van der Waals surface area (Å²) in [6, 6.07) is 3.67. The van der Waals surface area contributed by atoms with E-state index < -0.39 is 0 Å². The Hall–Kier alpha value is -1.50. The molecule has 3 saturated heterocycles. The van der Waals surface area contributed by atoms with E-state index in [4.69, 9.17) is 4.74 Å². The molecule has 0 bridgehead atoms. The summed E-state index contributed by atoms with van der Waals surface area (Å²) in [7, 11) is 2.20. The van der Waals surface area contributed by atoms with E-state index in [1.54, 1.807) is 12.4 Å². The van der Waals surface area contributed by atoms with Crippen molar-refractivity contribution in [2.24, 2.45) is 5.92 Å². The van der Waals surface area contributed by atoms with Gasteiger partial charge < -0.3 is 19.4 Å². The fourth-order valence-corrected chi connectivity index (χ4v) is 4.68. The number of ether oxygens (including phenoxy) is 1. The van der Waals surface area contributed by atoms with Crippen molar-refractivity contribution < 1.29 is 9.53 Å². The third kappa shape index (κ3) is 3.92. The van der Waals surface area contributed by atoms with Crippen LogP contribution >= 0.6 is 0 Å². The van der Waals surface area contributed by atoms with Crippen molar-refractivity contribution in [1.82, 2.24) is 19.7 Å². The molecule has 4 rings (SSSR count). The number of likely N-dealkylation sites (tertiary alicyclic amines) is 1. The zero-order valence-electron chi connectivity index (χ0n) is 15.8. The van der Waals surface area contributed by atoms with Crippen LogP contribution in [0.4, 0.5) is 0 Å². The highest BCUT2D eigenvalue weighted by Crippen LogP contribution is 2.38. The van der Waals surface area contributed by atoms with Crippen LogP contribution in [-0.4, -0.2) is 90.7 Å². The molecule has 0 saturated carbocycles. The lowest BCUT2D eigenvalue weighted by Crippen LogP contribution is -2.50. The lowest BCUT2D eigenvalue weighted by molar-refractivity contribution is -0.0451. The molecule has 6 heteroatoms. The molecule has 2 atom stereocenters. The summed E-state index contributed by atoms with van der Waals surface area (Å²) in [5.74, 6) is 0.676. The van der Waals surface area contributed by atoms with Gasteiger partial charge in [-0.15, -0.1) is 0 Å². The molecule has 3 aliphatic heterocycles. The van der Waals surface area contributed by atoms with Crippen LogP contribution in [0.25, 0.3) is 0 Å². The van der Waals surface area contributed by atoms with E-state index in [-0.39, 0.29) is 11.5 Å². The Bertz CT molecular complexity index is 617. The van der Waals surface area contributed by atoms with Gasteiger partial charge in [0.2, 0.25) is 0 Å². The number of aromatic nitrogens is 1. The normalized spacial score (nSPS) is 30.8. The number of nitrogens with zero attached hydrogens (tertiary/aromatic N) is 4. The average molecular weight is 358 g/mol. The predicted molar refractivity (Wildman–Crippen MR) is 100 cm³/mol.